The van der Waals surface area contributed by atoms with Crippen LogP contribution < -0.4 is 16.1 Å². The molecule has 1 aliphatic rings. The Balaban J connectivity index is 1.83. The molecule has 140 valence electrons. The fourth-order valence-electron chi connectivity index (χ4n) is 2.63. The van der Waals surface area contributed by atoms with Crippen LogP contribution in [0, 0.1) is 5.92 Å². The van der Waals surface area contributed by atoms with Crippen molar-refractivity contribution in [3.8, 4) is 0 Å². The minimum Gasteiger partial charge on any atom is -0.350 e. The predicted octanol–water partition coefficient (Wildman–Crippen LogP) is 1.48. The van der Waals surface area contributed by atoms with Gasteiger partial charge in [-0.1, -0.05) is 13.8 Å². The van der Waals surface area contributed by atoms with Gasteiger partial charge in [0.1, 0.15) is 0 Å². The highest BCUT2D eigenvalue weighted by atomic mass is 16.8. The average Bonchev–Trinajstić information content (AvgIpc) is 2.68. The van der Waals surface area contributed by atoms with E-state index in [0.717, 1.165) is 38.9 Å². The molecule has 0 aliphatic carbocycles. The molecule has 1 unspecified atom stereocenters. The van der Waals surface area contributed by atoms with Gasteiger partial charge in [0.2, 0.25) is 5.95 Å². The summed E-state index contributed by atoms with van der Waals surface area (Å²) < 4.78 is 5.46. The first-order valence-electron chi connectivity index (χ1n) is 9.02. The smallest absolute Gasteiger partial charge is 0.278 e. The number of nitrogens with two attached hydrogens (primary N) is 1. The van der Waals surface area contributed by atoms with E-state index in [4.69, 9.17) is 15.3 Å². The second-order valence-electron chi connectivity index (χ2n) is 6.20. The molecule has 1 fully saturated rings. The largest absolute Gasteiger partial charge is 0.350 e. The summed E-state index contributed by atoms with van der Waals surface area (Å²) in [7, 11) is 0. The van der Waals surface area contributed by atoms with Gasteiger partial charge < -0.3 is 15.4 Å². The molecule has 1 aromatic heterocycles. The Labute approximate surface area is 149 Å². The molecule has 1 amide bonds. The number of hydrogen-bond donors (Lipinski definition) is 2. The van der Waals surface area contributed by atoms with Gasteiger partial charge in [0.05, 0.1) is 5.56 Å². The summed E-state index contributed by atoms with van der Waals surface area (Å²) in [5.74, 6) is 0.845. The Morgan fingerprint density at radius 1 is 1.36 bits per heavy atom. The zero-order chi connectivity index (χ0) is 18.1. The minimum atomic E-state index is -0.451. The number of carbonyl (C=O) groups is 1. The van der Waals surface area contributed by atoms with Gasteiger partial charge in [0, 0.05) is 32.1 Å². The number of amides is 1. The van der Waals surface area contributed by atoms with Crippen molar-refractivity contribution in [3.63, 3.8) is 0 Å². The molecule has 1 saturated heterocycles. The number of aromatic nitrogens is 2. The Kier molecular flexibility index (Phi) is 8.03. The van der Waals surface area contributed by atoms with Gasteiger partial charge in [-0.15, -0.1) is 0 Å². The lowest BCUT2D eigenvalue weighted by molar-refractivity contribution is -0.170. The summed E-state index contributed by atoms with van der Waals surface area (Å²) in [6, 6.07) is 0. The van der Waals surface area contributed by atoms with Crippen molar-refractivity contribution in [2.75, 3.05) is 31.1 Å². The van der Waals surface area contributed by atoms with E-state index < -0.39 is 6.29 Å². The van der Waals surface area contributed by atoms with Crippen LogP contribution in [0.15, 0.2) is 12.4 Å². The van der Waals surface area contributed by atoms with Crippen LogP contribution in [-0.4, -0.2) is 48.4 Å². The topological polar surface area (TPSA) is 103 Å². The third kappa shape index (κ3) is 5.91. The summed E-state index contributed by atoms with van der Waals surface area (Å²) in [5.41, 5.74) is 8.46. The molecule has 2 rings (SSSR count). The average molecular weight is 351 g/mol. The second kappa shape index (κ2) is 10.3. The lowest BCUT2D eigenvalue weighted by atomic mass is 9.97. The van der Waals surface area contributed by atoms with Crippen LogP contribution in [0.4, 0.5) is 5.95 Å². The SMILES string of the molecule is CCCOC(CC)ONC(=O)c1cnc(N2CCC(CN)CC2)nc1. The number of hydrogen-bond acceptors (Lipinski definition) is 7. The van der Waals surface area contributed by atoms with Gasteiger partial charge >= 0.3 is 0 Å². The van der Waals surface area contributed by atoms with E-state index in [1.165, 1.54) is 12.4 Å². The Morgan fingerprint density at radius 3 is 2.60 bits per heavy atom. The van der Waals surface area contributed by atoms with Crippen LogP contribution in [0.3, 0.4) is 0 Å². The van der Waals surface area contributed by atoms with Gasteiger partial charge in [-0.3, -0.25) is 4.79 Å². The van der Waals surface area contributed by atoms with Gasteiger partial charge in [0.25, 0.3) is 5.91 Å². The molecule has 3 N–H and O–H groups in total. The van der Waals surface area contributed by atoms with Crippen LogP contribution in [-0.2, 0) is 9.57 Å². The van der Waals surface area contributed by atoms with Crippen molar-refractivity contribution < 1.29 is 14.4 Å². The maximum absolute atomic E-state index is 12.1. The lowest BCUT2D eigenvalue weighted by Gasteiger charge is -2.31. The maximum Gasteiger partial charge on any atom is 0.278 e. The first kappa shape index (κ1) is 19.6. The zero-order valence-electron chi connectivity index (χ0n) is 15.1. The standard InChI is InChI=1S/C17H29N5O3/c1-3-9-24-15(4-2)25-21-16(23)14-11-19-17(20-12-14)22-7-5-13(10-18)6-8-22/h11-13,15H,3-10,18H2,1-2H3,(H,21,23). The minimum absolute atomic E-state index is 0.353. The molecule has 1 aliphatic heterocycles. The number of rotatable bonds is 9. The third-order valence-electron chi connectivity index (χ3n) is 4.26. The first-order valence-corrected chi connectivity index (χ1v) is 9.02. The predicted molar refractivity (Wildman–Crippen MR) is 94.9 cm³/mol. The van der Waals surface area contributed by atoms with Crippen molar-refractivity contribution in [2.45, 2.75) is 45.8 Å². The molecular formula is C17H29N5O3. The second-order valence-corrected chi connectivity index (χ2v) is 6.20. The molecule has 0 saturated carbocycles. The number of ether oxygens (including phenoxy) is 1. The van der Waals surface area contributed by atoms with E-state index in [1.807, 2.05) is 13.8 Å². The molecule has 8 nitrogen and oxygen atoms in total. The van der Waals surface area contributed by atoms with E-state index in [0.29, 0.717) is 30.5 Å². The normalized spacial score (nSPS) is 16.7. The van der Waals surface area contributed by atoms with Crippen LogP contribution in [0.1, 0.15) is 49.9 Å². The van der Waals surface area contributed by atoms with E-state index in [9.17, 15) is 4.79 Å². The summed E-state index contributed by atoms with van der Waals surface area (Å²) in [4.78, 5) is 28.1. The van der Waals surface area contributed by atoms with Crippen LogP contribution in [0.5, 0.6) is 0 Å². The van der Waals surface area contributed by atoms with E-state index in [2.05, 4.69) is 20.3 Å². The van der Waals surface area contributed by atoms with E-state index in [-0.39, 0.29) is 5.91 Å². The van der Waals surface area contributed by atoms with Crippen molar-refractivity contribution in [1.29, 1.82) is 0 Å². The molecule has 1 aromatic rings. The van der Waals surface area contributed by atoms with Crippen molar-refractivity contribution in [1.82, 2.24) is 15.4 Å². The molecule has 8 heteroatoms. The van der Waals surface area contributed by atoms with Crippen LogP contribution >= 0.6 is 0 Å². The fraction of sp³-hybridized carbons (Fsp3) is 0.706. The molecule has 0 bridgehead atoms. The molecule has 0 spiro atoms. The molecular weight excluding hydrogens is 322 g/mol. The zero-order valence-corrected chi connectivity index (χ0v) is 15.1. The number of carbonyl (C=O) groups excluding carboxylic acids is 1. The highest BCUT2D eigenvalue weighted by Crippen LogP contribution is 2.19. The molecule has 0 radical (unpaired) electrons. The quantitative estimate of drug-likeness (QED) is 0.513. The maximum atomic E-state index is 12.1. The summed E-state index contributed by atoms with van der Waals surface area (Å²) in [5, 5.41) is 0. The molecule has 25 heavy (non-hydrogen) atoms. The van der Waals surface area contributed by atoms with E-state index in [1.54, 1.807) is 0 Å². The highest BCUT2D eigenvalue weighted by Gasteiger charge is 2.20. The number of piperidine rings is 1. The number of anilines is 1. The number of hydroxylamine groups is 1. The van der Waals surface area contributed by atoms with Gasteiger partial charge in [-0.25, -0.2) is 20.3 Å². The molecule has 2 heterocycles. The van der Waals surface area contributed by atoms with Crippen molar-refractivity contribution >= 4 is 11.9 Å². The van der Waals surface area contributed by atoms with E-state index >= 15 is 0 Å². The third-order valence-corrected chi connectivity index (χ3v) is 4.26. The van der Waals surface area contributed by atoms with Crippen molar-refractivity contribution in [2.24, 2.45) is 11.7 Å². The Bertz CT molecular complexity index is 518. The monoisotopic (exact) mass is 351 g/mol. The molecule has 1 atom stereocenters. The molecule has 0 aromatic carbocycles. The Morgan fingerprint density at radius 2 is 2.04 bits per heavy atom. The first-order chi connectivity index (χ1) is 12.2. The summed E-state index contributed by atoms with van der Waals surface area (Å²) >= 11 is 0. The van der Waals surface area contributed by atoms with Crippen LogP contribution in [0.25, 0.3) is 0 Å². The fourth-order valence-corrected chi connectivity index (χ4v) is 2.63. The highest BCUT2D eigenvalue weighted by molar-refractivity contribution is 5.92. The van der Waals surface area contributed by atoms with Gasteiger partial charge in [-0.2, -0.15) is 0 Å². The van der Waals surface area contributed by atoms with Crippen molar-refractivity contribution in [3.05, 3.63) is 18.0 Å². The van der Waals surface area contributed by atoms with Gasteiger partial charge in [-0.05, 0) is 38.1 Å². The number of nitrogens with zero attached hydrogens (tertiary/aromatic N) is 3. The summed E-state index contributed by atoms with van der Waals surface area (Å²) in [6.45, 7) is 7.05. The lowest BCUT2D eigenvalue weighted by Crippen LogP contribution is -2.37. The number of nitrogens with one attached hydrogen (secondary N) is 1. The summed E-state index contributed by atoms with van der Waals surface area (Å²) in [6.07, 6.45) is 6.22. The Hall–Kier alpha value is -1.77. The van der Waals surface area contributed by atoms with Gasteiger partial charge in [0.15, 0.2) is 6.29 Å². The van der Waals surface area contributed by atoms with Crippen LogP contribution in [0.2, 0.25) is 0 Å².